The molecule has 0 amide bonds. The summed E-state index contributed by atoms with van der Waals surface area (Å²) in [5.41, 5.74) is 1.05. The first-order valence-electron chi connectivity index (χ1n) is 6.23. The lowest BCUT2D eigenvalue weighted by molar-refractivity contribution is 0.0531. The van der Waals surface area contributed by atoms with Gasteiger partial charge in [-0.3, -0.25) is 4.79 Å². The van der Waals surface area contributed by atoms with Gasteiger partial charge in [0.15, 0.2) is 5.78 Å². The highest BCUT2D eigenvalue weighted by atomic mass is 35.5. The van der Waals surface area contributed by atoms with Crippen LogP contribution in [0.4, 0.5) is 0 Å². The van der Waals surface area contributed by atoms with E-state index >= 15 is 0 Å². The molecule has 1 aliphatic rings. The van der Waals surface area contributed by atoms with E-state index in [0.29, 0.717) is 37.6 Å². The Morgan fingerprint density at radius 2 is 1.85 bits per heavy atom. The van der Waals surface area contributed by atoms with Crippen molar-refractivity contribution in [1.29, 1.82) is 0 Å². The van der Waals surface area contributed by atoms with Crippen LogP contribution in [0, 0.1) is 0 Å². The van der Waals surface area contributed by atoms with E-state index in [1.807, 2.05) is 4.90 Å². The zero-order valence-electron chi connectivity index (χ0n) is 10.8. The lowest BCUT2D eigenvalue weighted by Crippen LogP contribution is -2.37. The molecule has 20 heavy (non-hydrogen) atoms. The highest BCUT2D eigenvalue weighted by molar-refractivity contribution is 6.46. The third kappa shape index (κ3) is 3.88. The predicted octanol–water partition coefficient (Wildman–Crippen LogP) is 2.59. The largest absolute Gasteiger partial charge is 0.508 e. The molecule has 1 aliphatic heterocycles. The van der Waals surface area contributed by atoms with E-state index in [1.165, 1.54) is 18.2 Å². The summed E-state index contributed by atoms with van der Waals surface area (Å²) in [4.78, 5) is 13.4. The van der Waals surface area contributed by atoms with Crippen molar-refractivity contribution in [1.82, 2.24) is 4.90 Å². The Balaban J connectivity index is 2.19. The Hall–Kier alpha value is -1.23. The van der Waals surface area contributed by atoms with E-state index in [1.54, 1.807) is 12.1 Å². The summed E-state index contributed by atoms with van der Waals surface area (Å²) in [5, 5.41) is 9.22. The second-order valence-corrected chi connectivity index (χ2v) is 5.48. The van der Waals surface area contributed by atoms with Crippen LogP contribution in [0.15, 0.2) is 36.0 Å². The number of ketones is 1. The lowest BCUT2D eigenvalue weighted by atomic mass is 10.1. The molecular formula is C14H15Cl2NO3. The number of morpholine rings is 1. The molecule has 0 unspecified atom stereocenters. The minimum absolute atomic E-state index is 0.117. The Morgan fingerprint density at radius 1 is 1.25 bits per heavy atom. The second kappa shape index (κ2) is 6.97. The van der Waals surface area contributed by atoms with Crippen LogP contribution >= 0.6 is 23.2 Å². The predicted molar refractivity (Wildman–Crippen MR) is 78.4 cm³/mol. The maximum absolute atomic E-state index is 12.2. The van der Waals surface area contributed by atoms with Crippen molar-refractivity contribution < 1.29 is 14.6 Å². The van der Waals surface area contributed by atoms with Gasteiger partial charge in [-0.05, 0) is 24.3 Å². The molecule has 1 aromatic rings. The van der Waals surface area contributed by atoms with Gasteiger partial charge in [0.25, 0.3) is 0 Å². The zero-order valence-corrected chi connectivity index (χ0v) is 12.3. The summed E-state index contributed by atoms with van der Waals surface area (Å²) in [6.07, 6.45) is 1.45. The van der Waals surface area contributed by atoms with Crippen molar-refractivity contribution in [2.24, 2.45) is 0 Å². The van der Waals surface area contributed by atoms with Crippen LogP contribution in [0.5, 0.6) is 5.75 Å². The topological polar surface area (TPSA) is 49.8 Å². The highest BCUT2D eigenvalue weighted by Gasteiger charge is 2.20. The Kier molecular flexibility index (Phi) is 5.29. The number of rotatable bonds is 4. The summed E-state index contributed by atoms with van der Waals surface area (Å²) in [5.74, 6) is -0.0794. The fourth-order valence-electron chi connectivity index (χ4n) is 1.96. The molecule has 0 aliphatic carbocycles. The van der Waals surface area contributed by atoms with Gasteiger partial charge in [-0.2, -0.15) is 0 Å². The smallest absolute Gasteiger partial charge is 0.187 e. The Bertz CT molecular complexity index is 494. The van der Waals surface area contributed by atoms with E-state index in [0.717, 1.165) is 0 Å². The Morgan fingerprint density at radius 3 is 2.40 bits per heavy atom. The average Bonchev–Trinajstić information content (AvgIpc) is 2.46. The SMILES string of the molecule is O=C(C=C(C(Cl)Cl)N1CCOCC1)c1ccc(O)cc1. The summed E-state index contributed by atoms with van der Waals surface area (Å²) >= 11 is 11.9. The third-order valence-electron chi connectivity index (χ3n) is 3.03. The third-order valence-corrected chi connectivity index (χ3v) is 3.48. The molecule has 2 rings (SSSR count). The normalized spacial score (nSPS) is 16.6. The van der Waals surface area contributed by atoms with Crippen molar-refractivity contribution in [2.45, 2.75) is 4.84 Å². The van der Waals surface area contributed by atoms with Crippen molar-refractivity contribution in [3.05, 3.63) is 41.6 Å². The molecule has 1 fully saturated rings. The molecular weight excluding hydrogens is 301 g/mol. The summed E-state index contributed by atoms with van der Waals surface area (Å²) in [7, 11) is 0. The summed E-state index contributed by atoms with van der Waals surface area (Å²) < 4.78 is 5.26. The molecule has 1 heterocycles. The van der Waals surface area contributed by atoms with E-state index in [-0.39, 0.29) is 11.5 Å². The van der Waals surface area contributed by atoms with Crippen molar-refractivity contribution in [3.63, 3.8) is 0 Å². The molecule has 1 aromatic carbocycles. The molecule has 0 aromatic heterocycles. The standard InChI is InChI=1S/C14H15Cl2NO3/c15-14(16)12(17-5-7-20-8-6-17)9-13(19)10-1-3-11(18)4-2-10/h1-4,9,14,18H,5-8H2. The number of phenols is 1. The van der Waals surface area contributed by atoms with Crippen molar-refractivity contribution >= 4 is 29.0 Å². The van der Waals surface area contributed by atoms with Gasteiger partial charge < -0.3 is 14.7 Å². The number of halogens is 2. The number of alkyl halides is 2. The minimum atomic E-state index is -0.769. The van der Waals surface area contributed by atoms with Gasteiger partial charge in [0.05, 0.1) is 18.9 Å². The van der Waals surface area contributed by atoms with E-state index in [9.17, 15) is 9.90 Å². The maximum atomic E-state index is 12.2. The maximum Gasteiger partial charge on any atom is 0.187 e. The number of aromatic hydroxyl groups is 1. The van der Waals surface area contributed by atoms with Gasteiger partial charge in [-0.15, -0.1) is 0 Å². The number of hydrogen-bond acceptors (Lipinski definition) is 4. The van der Waals surface area contributed by atoms with Crippen LogP contribution < -0.4 is 0 Å². The quantitative estimate of drug-likeness (QED) is 0.527. The fraction of sp³-hybridized carbons (Fsp3) is 0.357. The van der Waals surface area contributed by atoms with Crippen molar-refractivity contribution in [2.75, 3.05) is 26.3 Å². The van der Waals surface area contributed by atoms with Crippen LogP contribution in [0.1, 0.15) is 10.4 Å². The summed E-state index contributed by atoms with van der Waals surface area (Å²) in [6, 6.07) is 6.05. The molecule has 0 spiro atoms. The number of phenolic OH excluding ortho intramolecular Hbond substituents is 1. The van der Waals surface area contributed by atoms with E-state index in [4.69, 9.17) is 27.9 Å². The number of benzene rings is 1. The van der Waals surface area contributed by atoms with Crippen LogP contribution in [0.3, 0.4) is 0 Å². The van der Waals surface area contributed by atoms with Crippen LogP contribution in [-0.4, -0.2) is 46.9 Å². The molecule has 0 saturated carbocycles. The first-order valence-corrected chi connectivity index (χ1v) is 7.11. The van der Waals surface area contributed by atoms with E-state index in [2.05, 4.69) is 0 Å². The van der Waals surface area contributed by atoms with Crippen molar-refractivity contribution in [3.8, 4) is 5.75 Å². The minimum Gasteiger partial charge on any atom is -0.508 e. The number of hydrogen-bond donors (Lipinski definition) is 1. The van der Waals surface area contributed by atoms with Gasteiger partial charge in [0.1, 0.15) is 10.6 Å². The molecule has 6 heteroatoms. The van der Waals surface area contributed by atoms with Gasteiger partial charge in [0, 0.05) is 24.7 Å². The molecule has 0 radical (unpaired) electrons. The molecule has 0 atom stereocenters. The number of nitrogens with zero attached hydrogens (tertiary/aromatic N) is 1. The molecule has 1 N–H and O–H groups in total. The lowest BCUT2D eigenvalue weighted by Gasteiger charge is -2.31. The number of ether oxygens (including phenoxy) is 1. The van der Waals surface area contributed by atoms with Gasteiger partial charge in [0.2, 0.25) is 0 Å². The van der Waals surface area contributed by atoms with Gasteiger partial charge in [-0.25, -0.2) is 0 Å². The van der Waals surface area contributed by atoms with Crippen LogP contribution in [0.2, 0.25) is 0 Å². The van der Waals surface area contributed by atoms with Gasteiger partial charge >= 0.3 is 0 Å². The van der Waals surface area contributed by atoms with Crippen LogP contribution in [0.25, 0.3) is 0 Å². The zero-order chi connectivity index (χ0) is 14.5. The average molecular weight is 316 g/mol. The number of allylic oxidation sites excluding steroid dienone is 2. The molecule has 1 saturated heterocycles. The first kappa shape index (κ1) is 15.2. The fourth-order valence-corrected chi connectivity index (χ4v) is 2.36. The summed E-state index contributed by atoms with van der Waals surface area (Å²) in [6.45, 7) is 2.49. The number of carbonyl (C=O) groups excluding carboxylic acids is 1. The van der Waals surface area contributed by atoms with E-state index < -0.39 is 4.84 Å². The highest BCUT2D eigenvalue weighted by Crippen LogP contribution is 2.21. The van der Waals surface area contributed by atoms with Gasteiger partial charge in [-0.1, -0.05) is 23.2 Å². The van der Waals surface area contributed by atoms with Crippen LogP contribution in [-0.2, 0) is 4.74 Å². The monoisotopic (exact) mass is 315 g/mol. The number of carbonyl (C=O) groups is 1. The molecule has 4 nitrogen and oxygen atoms in total. The Labute approximate surface area is 127 Å². The first-order chi connectivity index (χ1) is 9.58. The molecule has 108 valence electrons. The second-order valence-electron chi connectivity index (χ2n) is 4.38. The molecule has 0 bridgehead atoms.